The second-order valence-corrected chi connectivity index (χ2v) is 6.07. The van der Waals surface area contributed by atoms with E-state index in [1.807, 2.05) is 24.3 Å². The first-order valence-corrected chi connectivity index (χ1v) is 8.56. The number of nitrogens with zero attached hydrogens (tertiary/aromatic N) is 3. The highest BCUT2D eigenvalue weighted by Gasteiger charge is 2.25. The van der Waals surface area contributed by atoms with Gasteiger partial charge in [-0.3, -0.25) is 0 Å². The third kappa shape index (κ3) is 4.20. The molecule has 0 aliphatic carbocycles. The molecule has 0 aromatic carbocycles. The van der Waals surface area contributed by atoms with E-state index in [2.05, 4.69) is 32.4 Å². The molecule has 3 rings (SSSR count). The Morgan fingerprint density at radius 3 is 3.12 bits per heavy atom. The lowest BCUT2D eigenvalue weighted by molar-refractivity contribution is 0.511. The highest BCUT2D eigenvalue weighted by Crippen LogP contribution is 2.25. The number of pyridine rings is 1. The molecule has 128 valence electrons. The highest BCUT2D eigenvalue weighted by molar-refractivity contribution is 6.32. The molecule has 0 amide bonds. The molecule has 2 N–H and O–H groups in total. The van der Waals surface area contributed by atoms with Gasteiger partial charge in [0.15, 0.2) is 5.96 Å². The predicted octanol–water partition coefficient (Wildman–Crippen LogP) is 2.66. The summed E-state index contributed by atoms with van der Waals surface area (Å²) in [5.74, 6) is 2.49. The molecule has 0 spiro atoms. The Kier molecular flexibility index (Phi) is 5.59. The van der Waals surface area contributed by atoms with Gasteiger partial charge in [0.05, 0.1) is 11.3 Å². The van der Waals surface area contributed by atoms with Gasteiger partial charge in [-0.25, -0.2) is 9.98 Å². The fourth-order valence-corrected chi connectivity index (χ4v) is 2.99. The number of anilines is 1. The molecular weight excluding hydrogens is 326 g/mol. The summed E-state index contributed by atoms with van der Waals surface area (Å²) in [6.07, 6.45) is 4.45. The van der Waals surface area contributed by atoms with E-state index < -0.39 is 0 Å². The zero-order chi connectivity index (χ0) is 16.8. The smallest absolute Gasteiger partial charge is 0.191 e. The fraction of sp³-hybridized carbons (Fsp3) is 0.412. The molecule has 3 heterocycles. The highest BCUT2D eigenvalue weighted by atomic mass is 35.5. The standard InChI is InChI=1S/C17H22ClN5O/c1-2-19-17(21-11-14-5-4-10-24-14)22-13-7-9-23(12-13)16-15(18)6-3-8-20-16/h3-6,8,10,13H,2,7,9,11-12H2,1H3,(H2,19,21,22). The summed E-state index contributed by atoms with van der Waals surface area (Å²) in [7, 11) is 0. The Hall–Kier alpha value is -2.21. The zero-order valence-electron chi connectivity index (χ0n) is 13.7. The Morgan fingerprint density at radius 1 is 1.46 bits per heavy atom. The van der Waals surface area contributed by atoms with Gasteiger partial charge in [-0.1, -0.05) is 11.6 Å². The van der Waals surface area contributed by atoms with Crippen LogP contribution in [0.1, 0.15) is 19.1 Å². The number of guanidine groups is 1. The van der Waals surface area contributed by atoms with Gasteiger partial charge in [-0.2, -0.15) is 0 Å². The summed E-state index contributed by atoms with van der Waals surface area (Å²) in [6.45, 7) is 5.16. The summed E-state index contributed by atoms with van der Waals surface area (Å²) < 4.78 is 5.33. The molecular formula is C17H22ClN5O. The molecule has 7 heteroatoms. The Balaban J connectivity index is 1.60. The second-order valence-electron chi connectivity index (χ2n) is 5.66. The largest absolute Gasteiger partial charge is 0.467 e. The van der Waals surface area contributed by atoms with Crippen LogP contribution in [0, 0.1) is 0 Å². The van der Waals surface area contributed by atoms with Crippen molar-refractivity contribution in [2.45, 2.75) is 25.9 Å². The van der Waals surface area contributed by atoms with Crippen LogP contribution in [-0.2, 0) is 6.54 Å². The molecule has 1 unspecified atom stereocenters. The molecule has 0 radical (unpaired) electrons. The first kappa shape index (κ1) is 16.6. The van der Waals surface area contributed by atoms with Crippen molar-refractivity contribution in [1.29, 1.82) is 0 Å². The van der Waals surface area contributed by atoms with Crippen molar-refractivity contribution in [3.63, 3.8) is 0 Å². The van der Waals surface area contributed by atoms with Crippen LogP contribution in [0.5, 0.6) is 0 Å². The van der Waals surface area contributed by atoms with Gasteiger partial charge in [0.1, 0.15) is 18.1 Å². The van der Waals surface area contributed by atoms with E-state index in [0.29, 0.717) is 17.6 Å². The third-order valence-electron chi connectivity index (χ3n) is 3.89. The van der Waals surface area contributed by atoms with Crippen LogP contribution in [0.15, 0.2) is 46.1 Å². The second kappa shape index (κ2) is 8.06. The summed E-state index contributed by atoms with van der Waals surface area (Å²) in [4.78, 5) is 11.2. The molecule has 1 atom stereocenters. The van der Waals surface area contributed by atoms with E-state index >= 15 is 0 Å². The van der Waals surface area contributed by atoms with Crippen molar-refractivity contribution < 1.29 is 4.42 Å². The molecule has 24 heavy (non-hydrogen) atoms. The molecule has 2 aromatic rings. The van der Waals surface area contributed by atoms with Crippen LogP contribution in [0.3, 0.4) is 0 Å². The normalized spacial score (nSPS) is 18.0. The van der Waals surface area contributed by atoms with Gasteiger partial charge in [-0.05, 0) is 37.6 Å². The lowest BCUT2D eigenvalue weighted by Crippen LogP contribution is -2.44. The van der Waals surface area contributed by atoms with Crippen LogP contribution in [0.2, 0.25) is 5.02 Å². The molecule has 1 fully saturated rings. The SMILES string of the molecule is CCNC(=NCc1ccco1)NC1CCN(c2ncccc2Cl)C1. The molecule has 1 aliphatic heterocycles. The number of halogens is 1. The van der Waals surface area contributed by atoms with Crippen molar-refractivity contribution in [3.05, 3.63) is 47.5 Å². The van der Waals surface area contributed by atoms with Crippen LogP contribution < -0.4 is 15.5 Å². The average molecular weight is 348 g/mol. The van der Waals surface area contributed by atoms with Gasteiger partial charge < -0.3 is 20.0 Å². The minimum absolute atomic E-state index is 0.303. The van der Waals surface area contributed by atoms with E-state index in [1.54, 1.807) is 12.5 Å². The number of aliphatic imine (C=N–C) groups is 1. The van der Waals surface area contributed by atoms with E-state index in [0.717, 1.165) is 43.6 Å². The molecule has 2 aromatic heterocycles. The molecule has 1 saturated heterocycles. The molecule has 0 saturated carbocycles. The Bertz CT molecular complexity index is 673. The fourth-order valence-electron chi connectivity index (χ4n) is 2.75. The lowest BCUT2D eigenvalue weighted by Gasteiger charge is -2.20. The average Bonchev–Trinajstić information content (AvgIpc) is 3.25. The predicted molar refractivity (Wildman–Crippen MR) is 96.5 cm³/mol. The number of hydrogen-bond acceptors (Lipinski definition) is 4. The summed E-state index contributed by atoms with van der Waals surface area (Å²) >= 11 is 6.24. The number of rotatable bonds is 5. The first-order valence-electron chi connectivity index (χ1n) is 8.19. The molecule has 1 aliphatic rings. The zero-order valence-corrected chi connectivity index (χ0v) is 14.5. The summed E-state index contributed by atoms with van der Waals surface area (Å²) in [6, 6.07) is 7.82. The van der Waals surface area contributed by atoms with Crippen molar-refractivity contribution in [2.75, 3.05) is 24.5 Å². The third-order valence-corrected chi connectivity index (χ3v) is 4.18. The quantitative estimate of drug-likeness (QED) is 0.643. The van der Waals surface area contributed by atoms with E-state index in [9.17, 15) is 0 Å². The minimum atomic E-state index is 0.303. The molecule has 0 bridgehead atoms. The lowest BCUT2D eigenvalue weighted by atomic mass is 10.3. The number of nitrogens with one attached hydrogen (secondary N) is 2. The first-order chi connectivity index (χ1) is 11.8. The topological polar surface area (TPSA) is 65.7 Å². The van der Waals surface area contributed by atoms with Crippen LogP contribution >= 0.6 is 11.6 Å². The minimum Gasteiger partial charge on any atom is -0.467 e. The number of furan rings is 1. The molecule has 6 nitrogen and oxygen atoms in total. The van der Waals surface area contributed by atoms with E-state index in [4.69, 9.17) is 16.0 Å². The maximum atomic E-state index is 6.24. The maximum absolute atomic E-state index is 6.24. The van der Waals surface area contributed by atoms with Crippen molar-refractivity contribution >= 4 is 23.4 Å². The number of hydrogen-bond donors (Lipinski definition) is 2. The van der Waals surface area contributed by atoms with Gasteiger partial charge in [0.25, 0.3) is 0 Å². The van der Waals surface area contributed by atoms with Crippen molar-refractivity contribution in [1.82, 2.24) is 15.6 Å². The Morgan fingerprint density at radius 2 is 2.38 bits per heavy atom. The van der Waals surface area contributed by atoms with Crippen LogP contribution in [0.4, 0.5) is 5.82 Å². The monoisotopic (exact) mass is 347 g/mol. The van der Waals surface area contributed by atoms with Gasteiger partial charge in [0, 0.05) is 31.9 Å². The van der Waals surface area contributed by atoms with E-state index in [-0.39, 0.29) is 0 Å². The maximum Gasteiger partial charge on any atom is 0.191 e. The summed E-state index contributed by atoms with van der Waals surface area (Å²) in [5, 5.41) is 7.45. The van der Waals surface area contributed by atoms with Crippen molar-refractivity contribution in [2.24, 2.45) is 4.99 Å². The van der Waals surface area contributed by atoms with Gasteiger partial charge in [0.2, 0.25) is 0 Å². The van der Waals surface area contributed by atoms with Crippen molar-refractivity contribution in [3.8, 4) is 0 Å². The van der Waals surface area contributed by atoms with Gasteiger partial charge in [-0.15, -0.1) is 0 Å². The summed E-state index contributed by atoms with van der Waals surface area (Å²) in [5.41, 5.74) is 0. The van der Waals surface area contributed by atoms with Crippen LogP contribution in [0.25, 0.3) is 0 Å². The van der Waals surface area contributed by atoms with Gasteiger partial charge >= 0.3 is 0 Å². The van der Waals surface area contributed by atoms with Crippen LogP contribution in [-0.4, -0.2) is 36.6 Å². The Labute approximate surface area is 146 Å². The number of aromatic nitrogens is 1. The van der Waals surface area contributed by atoms with E-state index in [1.165, 1.54) is 0 Å².